The Morgan fingerprint density at radius 1 is 1.52 bits per heavy atom. The molecule has 1 fully saturated rings. The SMILES string of the molecule is [C-]#[N+]c1c(C2(F)CC2)cc(Cl)c(F)c1-c1c(Br)cnn1C. The van der Waals surface area contributed by atoms with E-state index in [1.54, 1.807) is 7.05 Å². The van der Waals surface area contributed by atoms with Crippen molar-refractivity contribution in [3.05, 3.63) is 44.6 Å². The maximum absolute atomic E-state index is 14.5. The normalized spacial score (nSPS) is 15.8. The van der Waals surface area contributed by atoms with Gasteiger partial charge in [-0.2, -0.15) is 5.10 Å². The molecule has 1 heterocycles. The molecule has 1 saturated carbocycles. The summed E-state index contributed by atoms with van der Waals surface area (Å²) in [5.41, 5.74) is -1.10. The van der Waals surface area contributed by atoms with E-state index in [1.807, 2.05) is 0 Å². The molecule has 21 heavy (non-hydrogen) atoms. The van der Waals surface area contributed by atoms with Gasteiger partial charge in [0, 0.05) is 12.6 Å². The van der Waals surface area contributed by atoms with Crippen molar-refractivity contribution in [2.75, 3.05) is 0 Å². The van der Waals surface area contributed by atoms with E-state index in [-0.39, 0.29) is 21.8 Å². The van der Waals surface area contributed by atoms with Gasteiger partial charge in [-0.15, -0.1) is 0 Å². The van der Waals surface area contributed by atoms with Gasteiger partial charge < -0.3 is 0 Å². The second-order valence-corrected chi connectivity index (χ2v) is 6.25. The van der Waals surface area contributed by atoms with Crippen LogP contribution in [0.1, 0.15) is 18.4 Å². The zero-order valence-corrected chi connectivity index (χ0v) is 13.3. The summed E-state index contributed by atoms with van der Waals surface area (Å²) in [7, 11) is 1.62. The van der Waals surface area contributed by atoms with Gasteiger partial charge in [-0.05, 0) is 40.4 Å². The zero-order chi connectivity index (χ0) is 15.4. The van der Waals surface area contributed by atoms with E-state index in [2.05, 4.69) is 25.9 Å². The summed E-state index contributed by atoms with van der Waals surface area (Å²) in [5, 5.41) is 3.82. The standard InChI is InChI=1S/C14H9BrClF2N3/c1-19-12-7(14(18)3-4-14)5-9(16)11(17)10(12)13-8(15)6-20-21(13)2/h5-6H,3-4H2,2H3. The first-order chi connectivity index (χ1) is 9.89. The van der Waals surface area contributed by atoms with Gasteiger partial charge in [-0.25, -0.2) is 13.6 Å². The van der Waals surface area contributed by atoms with Gasteiger partial charge in [-0.3, -0.25) is 4.68 Å². The number of hydrogen-bond acceptors (Lipinski definition) is 1. The van der Waals surface area contributed by atoms with Crippen LogP contribution in [0.15, 0.2) is 16.7 Å². The molecule has 0 atom stereocenters. The summed E-state index contributed by atoms with van der Waals surface area (Å²) in [6.45, 7) is 7.35. The van der Waals surface area contributed by atoms with Crippen LogP contribution < -0.4 is 0 Å². The first kappa shape index (κ1) is 14.5. The fourth-order valence-corrected chi connectivity index (χ4v) is 3.11. The largest absolute Gasteiger partial charge is 0.268 e. The van der Waals surface area contributed by atoms with Crippen molar-refractivity contribution in [1.82, 2.24) is 9.78 Å². The molecule has 2 aromatic rings. The summed E-state index contributed by atoms with van der Waals surface area (Å²) >= 11 is 9.19. The number of halogens is 4. The first-order valence-corrected chi connectivity index (χ1v) is 7.33. The Kier molecular flexibility index (Phi) is 3.30. The lowest BCUT2D eigenvalue weighted by Gasteiger charge is -2.15. The highest BCUT2D eigenvalue weighted by Gasteiger charge is 2.47. The molecule has 0 bridgehead atoms. The highest BCUT2D eigenvalue weighted by molar-refractivity contribution is 9.10. The minimum atomic E-state index is -1.57. The molecule has 7 heteroatoms. The maximum Gasteiger partial charge on any atom is 0.205 e. The molecule has 3 rings (SSSR count). The molecule has 3 nitrogen and oxygen atoms in total. The van der Waals surface area contributed by atoms with Crippen LogP contribution >= 0.6 is 27.5 Å². The topological polar surface area (TPSA) is 22.2 Å². The van der Waals surface area contributed by atoms with E-state index in [4.69, 9.17) is 18.2 Å². The van der Waals surface area contributed by atoms with E-state index in [9.17, 15) is 8.78 Å². The average Bonchev–Trinajstić information content (AvgIpc) is 3.11. The number of aromatic nitrogens is 2. The van der Waals surface area contributed by atoms with Gasteiger partial charge in [0.05, 0.1) is 28.0 Å². The van der Waals surface area contributed by atoms with Crippen LogP contribution in [0.3, 0.4) is 0 Å². The predicted octanol–water partition coefficient (Wildman–Crippen LogP) is 5.15. The third kappa shape index (κ3) is 2.16. The molecule has 1 aromatic carbocycles. The molecule has 1 aromatic heterocycles. The molecule has 0 unspecified atom stereocenters. The molecular weight excluding hydrogens is 364 g/mol. The molecule has 108 valence electrons. The highest BCUT2D eigenvalue weighted by Crippen LogP contribution is 2.56. The van der Waals surface area contributed by atoms with Gasteiger partial charge in [-0.1, -0.05) is 11.6 Å². The molecule has 0 amide bonds. The van der Waals surface area contributed by atoms with Crippen molar-refractivity contribution in [1.29, 1.82) is 0 Å². The van der Waals surface area contributed by atoms with Crippen LogP contribution in [0, 0.1) is 12.4 Å². The van der Waals surface area contributed by atoms with Crippen molar-refractivity contribution in [2.45, 2.75) is 18.5 Å². The van der Waals surface area contributed by atoms with Crippen molar-refractivity contribution in [2.24, 2.45) is 7.05 Å². The summed E-state index contributed by atoms with van der Waals surface area (Å²) < 4.78 is 30.9. The summed E-state index contributed by atoms with van der Waals surface area (Å²) in [6.07, 6.45) is 2.14. The second-order valence-electron chi connectivity index (χ2n) is 4.99. The minimum absolute atomic E-state index is 0.0108. The van der Waals surface area contributed by atoms with Gasteiger partial charge in [0.2, 0.25) is 5.69 Å². The molecule has 0 saturated heterocycles. The van der Waals surface area contributed by atoms with Crippen LogP contribution in [0.2, 0.25) is 5.02 Å². The Morgan fingerprint density at radius 3 is 2.67 bits per heavy atom. The van der Waals surface area contributed by atoms with Gasteiger partial charge in [0.15, 0.2) is 0 Å². The Morgan fingerprint density at radius 2 is 2.19 bits per heavy atom. The lowest BCUT2D eigenvalue weighted by molar-refractivity contribution is 0.318. The van der Waals surface area contributed by atoms with E-state index in [0.717, 1.165) is 0 Å². The van der Waals surface area contributed by atoms with Crippen LogP contribution in [0.5, 0.6) is 0 Å². The van der Waals surface area contributed by atoms with Crippen LogP contribution in [-0.2, 0) is 12.7 Å². The van der Waals surface area contributed by atoms with Gasteiger partial charge in [0.1, 0.15) is 11.5 Å². The predicted molar refractivity (Wildman–Crippen MR) is 79.6 cm³/mol. The lowest BCUT2D eigenvalue weighted by Crippen LogP contribution is -2.03. The number of alkyl halides is 1. The fourth-order valence-electron chi connectivity index (χ4n) is 2.36. The van der Waals surface area contributed by atoms with E-state index in [1.165, 1.54) is 16.9 Å². The van der Waals surface area contributed by atoms with E-state index < -0.39 is 11.5 Å². The second kappa shape index (κ2) is 4.79. The quantitative estimate of drug-likeness (QED) is 0.668. The summed E-state index contributed by atoms with van der Waals surface area (Å²) in [6, 6.07) is 1.23. The monoisotopic (exact) mass is 371 g/mol. The zero-order valence-electron chi connectivity index (χ0n) is 10.9. The van der Waals surface area contributed by atoms with Crippen LogP contribution in [0.4, 0.5) is 14.5 Å². The molecule has 0 aliphatic heterocycles. The third-order valence-electron chi connectivity index (χ3n) is 3.61. The Balaban J connectivity index is 2.40. The van der Waals surface area contributed by atoms with Crippen molar-refractivity contribution in [3.8, 4) is 11.3 Å². The van der Waals surface area contributed by atoms with Crippen molar-refractivity contribution < 1.29 is 8.78 Å². The average molecular weight is 373 g/mol. The van der Waals surface area contributed by atoms with Gasteiger partial charge >= 0.3 is 0 Å². The molecule has 1 aliphatic carbocycles. The summed E-state index contributed by atoms with van der Waals surface area (Å²) in [5.74, 6) is -0.736. The van der Waals surface area contributed by atoms with Crippen LogP contribution in [-0.4, -0.2) is 9.78 Å². The van der Waals surface area contributed by atoms with E-state index >= 15 is 0 Å². The molecule has 0 spiro atoms. The molecule has 0 N–H and O–H groups in total. The van der Waals surface area contributed by atoms with Crippen molar-refractivity contribution >= 4 is 33.2 Å². The number of benzene rings is 1. The fraction of sp³-hybridized carbons (Fsp3) is 0.286. The smallest absolute Gasteiger partial charge is 0.205 e. The molecule has 1 aliphatic rings. The molecular formula is C14H9BrClF2N3. The number of rotatable bonds is 2. The summed E-state index contributed by atoms with van der Waals surface area (Å²) in [4.78, 5) is 3.37. The number of aryl methyl sites for hydroxylation is 1. The lowest BCUT2D eigenvalue weighted by atomic mass is 9.99. The van der Waals surface area contributed by atoms with E-state index in [0.29, 0.717) is 23.0 Å². The Hall–Kier alpha value is -1.45. The number of nitrogens with zero attached hydrogens (tertiary/aromatic N) is 3. The van der Waals surface area contributed by atoms with Crippen LogP contribution in [0.25, 0.3) is 16.1 Å². The molecule has 0 radical (unpaired) electrons. The number of hydrogen-bond donors (Lipinski definition) is 0. The minimum Gasteiger partial charge on any atom is -0.268 e. The van der Waals surface area contributed by atoms with Gasteiger partial charge in [0.25, 0.3) is 0 Å². The Bertz CT molecular complexity index is 771. The third-order valence-corrected chi connectivity index (χ3v) is 4.46. The Labute approximate surface area is 133 Å². The van der Waals surface area contributed by atoms with Crippen molar-refractivity contribution in [3.63, 3.8) is 0 Å². The maximum atomic E-state index is 14.5. The first-order valence-electron chi connectivity index (χ1n) is 6.16. The highest BCUT2D eigenvalue weighted by atomic mass is 79.9.